The van der Waals surface area contributed by atoms with Crippen molar-refractivity contribution in [1.29, 1.82) is 0 Å². The van der Waals surface area contributed by atoms with E-state index >= 15 is 0 Å². The van der Waals surface area contributed by atoms with Gasteiger partial charge in [-0.1, -0.05) is 102 Å². The van der Waals surface area contributed by atoms with E-state index in [-0.39, 0.29) is 0 Å². The van der Waals surface area contributed by atoms with Crippen LogP contribution in [0.4, 0.5) is 13.2 Å². The van der Waals surface area contributed by atoms with Gasteiger partial charge in [0.05, 0.1) is 0 Å². The van der Waals surface area contributed by atoms with Gasteiger partial charge in [-0.3, -0.25) is 0 Å². The fourth-order valence-electron chi connectivity index (χ4n) is 4.98. The molecule has 0 amide bonds. The molecule has 0 bridgehead atoms. The second kappa shape index (κ2) is 12.3. The minimum absolute atomic E-state index is 0.367. The molecule has 0 unspecified atom stereocenters. The number of benzene rings is 2. The molecule has 1 saturated carbocycles. The zero-order valence-corrected chi connectivity index (χ0v) is 18.9. The highest BCUT2D eigenvalue weighted by molar-refractivity contribution is 5.63. The molecule has 0 aromatic heterocycles. The highest BCUT2D eigenvalue weighted by Crippen LogP contribution is 2.34. The van der Waals surface area contributed by atoms with Gasteiger partial charge in [0.1, 0.15) is 0 Å². The molecular formula is C28H37F3. The first kappa shape index (κ1) is 23.9. The highest BCUT2D eigenvalue weighted by Gasteiger charge is 2.20. The standard InChI is InChI=1S/C28H37F3/c1-2-3-4-5-6-7-8-21-9-11-22(12-10-21)13-14-23-15-17-24(18-16-23)25-19-26(29)28(31)27(30)20-25/h15-22H,2-14H2,1H3/t21-,22-. The van der Waals surface area contributed by atoms with Crippen molar-refractivity contribution in [2.45, 2.75) is 90.4 Å². The van der Waals surface area contributed by atoms with Gasteiger partial charge in [0.15, 0.2) is 17.5 Å². The summed E-state index contributed by atoms with van der Waals surface area (Å²) in [6.45, 7) is 2.27. The Balaban J connectivity index is 1.38. The lowest BCUT2D eigenvalue weighted by atomic mass is 9.77. The summed E-state index contributed by atoms with van der Waals surface area (Å²) in [6, 6.07) is 9.91. The summed E-state index contributed by atoms with van der Waals surface area (Å²) in [6.07, 6.45) is 17.5. The van der Waals surface area contributed by atoms with Crippen LogP contribution in [-0.4, -0.2) is 0 Å². The molecule has 1 fully saturated rings. The number of hydrogen-bond donors (Lipinski definition) is 0. The van der Waals surface area contributed by atoms with Crippen molar-refractivity contribution in [3.63, 3.8) is 0 Å². The Morgan fingerprint density at radius 3 is 1.84 bits per heavy atom. The topological polar surface area (TPSA) is 0 Å². The Hall–Kier alpha value is -1.77. The molecule has 3 heteroatoms. The number of aryl methyl sites for hydroxylation is 1. The first-order chi connectivity index (χ1) is 15.1. The quantitative estimate of drug-likeness (QED) is 0.246. The van der Waals surface area contributed by atoms with Crippen LogP contribution in [0.5, 0.6) is 0 Å². The first-order valence-corrected chi connectivity index (χ1v) is 12.3. The normalized spacial score (nSPS) is 19.0. The van der Waals surface area contributed by atoms with Gasteiger partial charge >= 0.3 is 0 Å². The van der Waals surface area contributed by atoms with E-state index in [2.05, 4.69) is 6.92 Å². The highest BCUT2D eigenvalue weighted by atomic mass is 19.2. The lowest BCUT2D eigenvalue weighted by Gasteiger charge is -2.28. The molecule has 2 aromatic carbocycles. The van der Waals surface area contributed by atoms with Gasteiger partial charge in [0.25, 0.3) is 0 Å². The predicted molar refractivity (Wildman–Crippen MR) is 124 cm³/mol. The molecule has 0 nitrogen and oxygen atoms in total. The molecule has 1 aliphatic rings. The van der Waals surface area contributed by atoms with Crippen molar-refractivity contribution in [2.24, 2.45) is 11.8 Å². The van der Waals surface area contributed by atoms with Crippen molar-refractivity contribution >= 4 is 0 Å². The Morgan fingerprint density at radius 1 is 0.677 bits per heavy atom. The minimum Gasteiger partial charge on any atom is -0.204 e. The van der Waals surface area contributed by atoms with Gasteiger partial charge in [-0.2, -0.15) is 0 Å². The van der Waals surface area contributed by atoms with Crippen molar-refractivity contribution in [3.8, 4) is 11.1 Å². The van der Waals surface area contributed by atoms with Gasteiger partial charge in [0, 0.05) is 0 Å². The van der Waals surface area contributed by atoms with Crippen LogP contribution in [0.25, 0.3) is 11.1 Å². The molecule has 0 aliphatic heterocycles. The lowest BCUT2D eigenvalue weighted by molar-refractivity contribution is 0.248. The summed E-state index contributed by atoms with van der Waals surface area (Å²) in [5, 5.41) is 0. The van der Waals surface area contributed by atoms with Crippen molar-refractivity contribution < 1.29 is 13.2 Å². The lowest BCUT2D eigenvalue weighted by Crippen LogP contribution is -2.15. The predicted octanol–water partition coefficient (Wildman–Crippen LogP) is 9.26. The summed E-state index contributed by atoms with van der Waals surface area (Å²) in [4.78, 5) is 0. The smallest absolute Gasteiger partial charge is 0.194 e. The number of unbranched alkanes of at least 4 members (excludes halogenated alkanes) is 5. The Morgan fingerprint density at radius 2 is 1.23 bits per heavy atom. The molecule has 1 aliphatic carbocycles. The van der Waals surface area contributed by atoms with E-state index in [4.69, 9.17) is 0 Å². The molecule has 0 heterocycles. The maximum absolute atomic E-state index is 13.5. The molecule has 31 heavy (non-hydrogen) atoms. The van der Waals surface area contributed by atoms with E-state index in [0.717, 1.165) is 30.4 Å². The largest absolute Gasteiger partial charge is 0.204 e. The summed E-state index contributed by atoms with van der Waals surface area (Å²) in [5.41, 5.74) is 2.32. The van der Waals surface area contributed by atoms with Gasteiger partial charge < -0.3 is 0 Å². The van der Waals surface area contributed by atoms with E-state index in [9.17, 15) is 13.2 Å². The van der Waals surface area contributed by atoms with Gasteiger partial charge in [0.2, 0.25) is 0 Å². The number of rotatable bonds is 11. The Bertz CT molecular complexity index is 765. The van der Waals surface area contributed by atoms with Crippen LogP contribution in [-0.2, 0) is 6.42 Å². The van der Waals surface area contributed by atoms with E-state index < -0.39 is 17.5 Å². The third-order valence-electron chi connectivity index (χ3n) is 7.04. The van der Waals surface area contributed by atoms with Crippen LogP contribution in [0.1, 0.15) is 89.5 Å². The second-order valence-electron chi connectivity index (χ2n) is 9.43. The average Bonchev–Trinajstić information content (AvgIpc) is 2.79. The van der Waals surface area contributed by atoms with Crippen molar-refractivity contribution in [2.75, 3.05) is 0 Å². The fourth-order valence-corrected chi connectivity index (χ4v) is 4.98. The molecule has 2 aromatic rings. The van der Waals surface area contributed by atoms with E-state index in [1.807, 2.05) is 24.3 Å². The van der Waals surface area contributed by atoms with Crippen LogP contribution >= 0.6 is 0 Å². The Kier molecular flexibility index (Phi) is 9.49. The monoisotopic (exact) mass is 430 g/mol. The van der Waals surface area contributed by atoms with Crippen LogP contribution in [0, 0.1) is 29.3 Å². The minimum atomic E-state index is -1.41. The maximum Gasteiger partial charge on any atom is 0.194 e. The van der Waals surface area contributed by atoms with E-state index in [0.29, 0.717) is 11.1 Å². The van der Waals surface area contributed by atoms with E-state index in [1.54, 1.807) is 0 Å². The van der Waals surface area contributed by atoms with Crippen LogP contribution < -0.4 is 0 Å². The van der Waals surface area contributed by atoms with Crippen LogP contribution in [0.2, 0.25) is 0 Å². The van der Waals surface area contributed by atoms with Crippen LogP contribution in [0.15, 0.2) is 36.4 Å². The first-order valence-electron chi connectivity index (χ1n) is 12.3. The summed E-state index contributed by atoms with van der Waals surface area (Å²) >= 11 is 0. The molecular weight excluding hydrogens is 393 g/mol. The zero-order chi connectivity index (χ0) is 22.1. The number of hydrogen-bond acceptors (Lipinski definition) is 0. The zero-order valence-electron chi connectivity index (χ0n) is 18.9. The Labute approximate surface area is 186 Å². The van der Waals surface area contributed by atoms with Gasteiger partial charge in [-0.25, -0.2) is 13.2 Å². The van der Waals surface area contributed by atoms with Crippen molar-refractivity contribution in [3.05, 3.63) is 59.4 Å². The average molecular weight is 431 g/mol. The SMILES string of the molecule is CCCCCCCC[C@H]1CC[C@H](CCc2ccc(-c3cc(F)c(F)c(F)c3)cc2)CC1. The van der Waals surface area contributed by atoms with Crippen LogP contribution in [0.3, 0.4) is 0 Å². The molecule has 0 atom stereocenters. The molecule has 0 saturated heterocycles. The van der Waals surface area contributed by atoms with E-state index in [1.165, 1.54) is 82.6 Å². The maximum atomic E-state index is 13.5. The molecule has 0 spiro atoms. The summed E-state index contributed by atoms with van der Waals surface area (Å²) < 4.78 is 40.1. The fraction of sp³-hybridized carbons (Fsp3) is 0.571. The second-order valence-corrected chi connectivity index (χ2v) is 9.43. The summed E-state index contributed by atoms with van der Waals surface area (Å²) in [5.74, 6) is -1.95. The molecule has 0 N–H and O–H groups in total. The third-order valence-corrected chi connectivity index (χ3v) is 7.04. The third kappa shape index (κ3) is 7.40. The molecule has 0 radical (unpaired) electrons. The van der Waals surface area contributed by atoms with Crippen molar-refractivity contribution in [1.82, 2.24) is 0 Å². The van der Waals surface area contributed by atoms with Gasteiger partial charge in [-0.15, -0.1) is 0 Å². The molecule has 170 valence electrons. The number of halogens is 3. The van der Waals surface area contributed by atoms with Gasteiger partial charge in [-0.05, 0) is 53.5 Å². The molecule has 3 rings (SSSR count). The summed E-state index contributed by atoms with van der Waals surface area (Å²) in [7, 11) is 0.